The van der Waals surface area contributed by atoms with Gasteiger partial charge in [-0.3, -0.25) is 4.68 Å². The zero-order valence-corrected chi connectivity index (χ0v) is 13.7. The third kappa shape index (κ3) is 4.07. The first-order chi connectivity index (χ1) is 9.97. The molecule has 1 N–H and O–H groups in total. The molecule has 5 nitrogen and oxygen atoms in total. The second-order valence-electron chi connectivity index (χ2n) is 5.56. The number of thiophene rings is 1. The van der Waals surface area contributed by atoms with Gasteiger partial charge < -0.3 is 10.2 Å². The van der Waals surface area contributed by atoms with Crippen molar-refractivity contribution in [3.05, 3.63) is 40.3 Å². The molecule has 0 aliphatic heterocycles. The van der Waals surface area contributed by atoms with E-state index in [2.05, 4.69) is 30.3 Å². The van der Waals surface area contributed by atoms with E-state index in [-0.39, 0.29) is 12.1 Å². The molecule has 0 unspecified atom stereocenters. The zero-order valence-electron chi connectivity index (χ0n) is 12.9. The average Bonchev–Trinajstić information content (AvgIpc) is 3.07. The minimum atomic E-state index is -0.0639. The van der Waals surface area contributed by atoms with Gasteiger partial charge in [-0.1, -0.05) is 19.9 Å². The molecule has 0 fully saturated rings. The minimum Gasteiger partial charge on any atom is -0.330 e. The summed E-state index contributed by atoms with van der Waals surface area (Å²) >= 11 is 1.67. The number of hydrogen-bond acceptors (Lipinski definition) is 3. The first kappa shape index (κ1) is 15.6. The maximum atomic E-state index is 12.4. The molecular weight excluding hydrogens is 284 g/mol. The SMILES string of the molecule is CC(C)[C@H](NC(=O)N(C)Cc1cnn(C)c1)c1cccs1. The monoisotopic (exact) mass is 306 g/mol. The molecule has 2 rings (SSSR count). The van der Waals surface area contributed by atoms with Crippen LogP contribution in [0.4, 0.5) is 4.79 Å². The third-order valence-corrected chi connectivity index (χ3v) is 4.28. The van der Waals surface area contributed by atoms with Crippen molar-refractivity contribution in [1.82, 2.24) is 20.0 Å². The van der Waals surface area contributed by atoms with Crippen LogP contribution in [0, 0.1) is 5.92 Å². The fraction of sp³-hybridized carbons (Fsp3) is 0.467. The summed E-state index contributed by atoms with van der Waals surface area (Å²) in [5.41, 5.74) is 1.02. The summed E-state index contributed by atoms with van der Waals surface area (Å²) in [7, 11) is 3.67. The van der Waals surface area contributed by atoms with Crippen LogP contribution in [0.15, 0.2) is 29.9 Å². The van der Waals surface area contributed by atoms with E-state index in [1.54, 1.807) is 34.2 Å². The number of amides is 2. The summed E-state index contributed by atoms with van der Waals surface area (Å²) in [5.74, 6) is 0.347. The van der Waals surface area contributed by atoms with Crippen molar-refractivity contribution < 1.29 is 4.79 Å². The smallest absolute Gasteiger partial charge is 0.317 e. The van der Waals surface area contributed by atoms with Crippen molar-refractivity contribution >= 4 is 17.4 Å². The summed E-state index contributed by atoms with van der Waals surface area (Å²) in [6, 6.07) is 4.07. The lowest BCUT2D eigenvalue weighted by Crippen LogP contribution is -2.40. The van der Waals surface area contributed by atoms with Crippen LogP contribution in [0.2, 0.25) is 0 Å². The van der Waals surface area contributed by atoms with Gasteiger partial charge in [-0.15, -0.1) is 11.3 Å². The summed E-state index contributed by atoms with van der Waals surface area (Å²) in [6.45, 7) is 4.78. The average molecular weight is 306 g/mol. The number of rotatable bonds is 5. The maximum absolute atomic E-state index is 12.4. The van der Waals surface area contributed by atoms with Crippen LogP contribution in [0.1, 0.15) is 30.3 Å². The minimum absolute atomic E-state index is 0.0499. The number of carbonyl (C=O) groups is 1. The van der Waals surface area contributed by atoms with E-state index < -0.39 is 0 Å². The molecule has 0 aliphatic rings. The summed E-state index contributed by atoms with van der Waals surface area (Å²) in [4.78, 5) is 15.2. The Labute approximate surface area is 129 Å². The molecule has 0 aliphatic carbocycles. The predicted octanol–water partition coefficient (Wildman–Crippen LogP) is 3.02. The Bertz CT molecular complexity index is 576. The number of carbonyl (C=O) groups excluding carboxylic acids is 1. The fourth-order valence-electron chi connectivity index (χ4n) is 2.18. The Morgan fingerprint density at radius 2 is 2.29 bits per heavy atom. The number of nitrogens with zero attached hydrogens (tertiary/aromatic N) is 3. The lowest BCUT2D eigenvalue weighted by atomic mass is 10.0. The van der Waals surface area contributed by atoms with Gasteiger partial charge in [0.15, 0.2) is 0 Å². The van der Waals surface area contributed by atoms with Crippen LogP contribution in [0.5, 0.6) is 0 Å². The molecule has 1 atom stereocenters. The number of aryl methyl sites for hydroxylation is 1. The highest BCUT2D eigenvalue weighted by Crippen LogP contribution is 2.25. The molecule has 114 valence electrons. The lowest BCUT2D eigenvalue weighted by molar-refractivity contribution is 0.199. The number of aromatic nitrogens is 2. The molecule has 21 heavy (non-hydrogen) atoms. The van der Waals surface area contributed by atoms with E-state index in [4.69, 9.17) is 0 Å². The molecular formula is C15H22N4OS. The van der Waals surface area contributed by atoms with Gasteiger partial charge in [0.1, 0.15) is 0 Å². The molecule has 0 bridgehead atoms. The van der Waals surface area contributed by atoms with Gasteiger partial charge in [-0.05, 0) is 17.4 Å². The van der Waals surface area contributed by atoms with E-state index in [0.717, 1.165) is 5.56 Å². The van der Waals surface area contributed by atoms with E-state index in [9.17, 15) is 4.79 Å². The van der Waals surface area contributed by atoms with E-state index in [1.165, 1.54) is 4.88 Å². The Balaban J connectivity index is 1.98. The van der Waals surface area contributed by atoms with Gasteiger partial charge in [0.05, 0.1) is 18.8 Å². The van der Waals surface area contributed by atoms with E-state index in [1.807, 2.05) is 24.7 Å². The highest BCUT2D eigenvalue weighted by molar-refractivity contribution is 7.10. The van der Waals surface area contributed by atoms with Crippen LogP contribution < -0.4 is 5.32 Å². The van der Waals surface area contributed by atoms with Crippen molar-refractivity contribution in [2.75, 3.05) is 7.05 Å². The van der Waals surface area contributed by atoms with Gasteiger partial charge in [-0.25, -0.2) is 4.79 Å². The number of nitrogens with one attached hydrogen (secondary N) is 1. The fourth-order valence-corrected chi connectivity index (χ4v) is 3.13. The van der Waals surface area contributed by atoms with Gasteiger partial charge in [0.25, 0.3) is 0 Å². The van der Waals surface area contributed by atoms with Crippen molar-refractivity contribution in [3.63, 3.8) is 0 Å². The molecule has 0 spiro atoms. The first-order valence-electron chi connectivity index (χ1n) is 7.00. The Kier molecular flexibility index (Phi) is 5.01. The quantitative estimate of drug-likeness (QED) is 0.923. The normalized spacial score (nSPS) is 12.4. The van der Waals surface area contributed by atoms with Crippen molar-refractivity contribution in [2.24, 2.45) is 13.0 Å². The second kappa shape index (κ2) is 6.76. The first-order valence-corrected chi connectivity index (χ1v) is 7.88. The van der Waals surface area contributed by atoms with Crippen LogP contribution >= 0.6 is 11.3 Å². The summed E-state index contributed by atoms with van der Waals surface area (Å²) in [6.07, 6.45) is 3.70. The standard InChI is InChI=1S/C15H22N4OS/c1-11(2)14(13-6-5-7-21-13)17-15(20)18(3)9-12-8-16-19(4)10-12/h5-8,10-11,14H,9H2,1-4H3,(H,17,20)/t14-/m0/s1. The van der Waals surface area contributed by atoms with Crippen molar-refractivity contribution in [1.29, 1.82) is 0 Å². The molecule has 2 amide bonds. The van der Waals surface area contributed by atoms with E-state index >= 15 is 0 Å². The largest absolute Gasteiger partial charge is 0.330 e. The van der Waals surface area contributed by atoms with Crippen LogP contribution in [0.25, 0.3) is 0 Å². The van der Waals surface area contributed by atoms with Crippen molar-refractivity contribution in [2.45, 2.75) is 26.4 Å². The zero-order chi connectivity index (χ0) is 15.4. The molecule has 2 heterocycles. The Morgan fingerprint density at radius 3 is 2.81 bits per heavy atom. The molecule has 0 saturated carbocycles. The molecule has 2 aromatic rings. The molecule has 0 radical (unpaired) electrons. The van der Waals surface area contributed by atoms with Crippen molar-refractivity contribution in [3.8, 4) is 0 Å². The third-order valence-electron chi connectivity index (χ3n) is 3.32. The summed E-state index contributed by atoms with van der Waals surface area (Å²) < 4.78 is 1.74. The number of hydrogen-bond donors (Lipinski definition) is 1. The molecule has 0 aromatic carbocycles. The second-order valence-corrected chi connectivity index (χ2v) is 6.54. The highest BCUT2D eigenvalue weighted by atomic mass is 32.1. The van der Waals surface area contributed by atoms with Crippen LogP contribution in [-0.2, 0) is 13.6 Å². The topological polar surface area (TPSA) is 50.2 Å². The highest BCUT2D eigenvalue weighted by Gasteiger charge is 2.21. The van der Waals surface area contributed by atoms with Gasteiger partial charge >= 0.3 is 6.03 Å². The van der Waals surface area contributed by atoms with Crippen LogP contribution in [-0.4, -0.2) is 27.8 Å². The maximum Gasteiger partial charge on any atom is 0.317 e. The Hall–Kier alpha value is -1.82. The summed E-state index contributed by atoms with van der Waals surface area (Å²) in [5, 5.41) is 9.27. The lowest BCUT2D eigenvalue weighted by Gasteiger charge is -2.25. The van der Waals surface area contributed by atoms with Crippen LogP contribution in [0.3, 0.4) is 0 Å². The Morgan fingerprint density at radius 1 is 1.52 bits per heavy atom. The van der Waals surface area contributed by atoms with E-state index in [0.29, 0.717) is 12.5 Å². The van der Waals surface area contributed by atoms with Gasteiger partial charge in [0.2, 0.25) is 0 Å². The molecule has 0 saturated heterocycles. The molecule has 2 aromatic heterocycles. The van der Waals surface area contributed by atoms with Gasteiger partial charge in [-0.2, -0.15) is 5.10 Å². The predicted molar refractivity (Wildman–Crippen MR) is 85.1 cm³/mol. The molecule has 6 heteroatoms. The number of urea groups is 1. The van der Waals surface area contributed by atoms with Gasteiger partial charge in [0, 0.05) is 30.7 Å².